The number of esters is 3. The van der Waals surface area contributed by atoms with E-state index >= 15 is 0 Å². The molecule has 0 radical (unpaired) electrons. The molecule has 3 aromatic carbocycles. The van der Waals surface area contributed by atoms with E-state index in [2.05, 4.69) is 15.8 Å². The van der Waals surface area contributed by atoms with Crippen LogP contribution in [0.3, 0.4) is 0 Å². The minimum atomic E-state index is -1.42. The maximum atomic E-state index is 14.6. The molecule has 63 heavy (non-hydrogen) atoms. The highest BCUT2D eigenvalue weighted by Gasteiger charge is 2.55. The van der Waals surface area contributed by atoms with Crippen molar-refractivity contribution in [3.05, 3.63) is 130 Å². The van der Waals surface area contributed by atoms with E-state index in [0.29, 0.717) is 30.0 Å². The highest BCUT2D eigenvalue weighted by Crippen LogP contribution is 2.43. The van der Waals surface area contributed by atoms with Crippen molar-refractivity contribution >= 4 is 63.7 Å². The molecule has 0 unspecified atom stereocenters. The molecule has 1 saturated heterocycles. The van der Waals surface area contributed by atoms with Crippen molar-refractivity contribution in [2.45, 2.75) is 101 Å². The second kappa shape index (κ2) is 18.0. The number of hydrogen-bond acceptors (Lipinski definition) is 14. The molecule has 2 aliphatic heterocycles. The van der Waals surface area contributed by atoms with Crippen LogP contribution in [-0.2, 0) is 48.6 Å². The Labute approximate surface area is 374 Å². The SMILES string of the molecule is CC(=O)OCC1=C(C(=O)OC(C)(C)C)N2C(=O)[C@@H](NC(=O)/C(=N/OC3(C(=O)OC(C)(C)C)CCC3)c3csc(NC(c4ccccc4)(c4ccccc4)c4ccccc4)n3)[C@H]2SC1. The summed E-state index contributed by atoms with van der Waals surface area (Å²) in [6, 6.07) is 28.8. The number of hydrogen-bond donors (Lipinski definition) is 2. The first kappa shape index (κ1) is 45.0. The number of carbonyl (C=O) groups is 5. The second-order valence-corrected chi connectivity index (χ2v) is 19.5. The van der Waals surface area contributed by atoms with E-state index in [1.54, 1.807) is 46.9 Å². The second-order valence-electron chi connectivity index (χ2n) is 17.5. The highest BCUT2D eigenvalue weighted by molar-refractivity contribution is 8.00. The van der Waals surface area contributed by atoms with Crippen molar-refractivity contribution in [2.24, 2.45) is 5.16 Å². The molecule has 7 rings (SSSR count). The Kier molecular flexibility index (Phi) is 12.9. The highest BCUT2D eigenvalue weighted by atomic mass is 32.2. The van der Waals surface area contributed by atoms with Crippen LogP contribution in [0, 0.1) is 0 Å². The molecule has 0 bridgehead atoms. The van der Waals surface area contributed by atoms with Gasteiger partial charge in [0, 0.05) is 36.5 Å². The number of aromatic nitrogens is 1. The van der Waals surface area contributed by atoms with Crippen molar-refractivity contribution in [1.29, 1.82) is 0 Å². The summed E-state index contributed by atoms with van der Waals surface area (Å²) in [6.07, 6.45) is 1.32. The number of fused-ring (bicyclic) bond motifs is 1. The lowest BCUT2D eigenvalue weighted by Gasteiger charge is -2.49. The van der Waals surface area contributed by atoms with Gasteiger partial charge in [0.2, 0.25) is 5.60 Å². The van der Waals surface area contributed by atoms with Gasteiger partial charge in [-0.15, -0.1) is 23.1 Å². The first-order valence-corrected chi connectivity index (χ1v) is 22.6. The predicted molar refractivity (Wildman–Crippen MR) is 240 cm³/mol. The summed E-state index contributed by atoms with van der Waals surface area (Å²) >= 11 is 2.54. The molecule has 4 aromatic rings. The van der Waals surface area contributed by atoms with Crippen molar-refractivity contribution < 1.29 is 43.0 Å². The van der Waals surface area contributed by atoms with Crippen molar-refractivity contribution in [3.63, 3.8) is 0 Å². The minimum absolute atomic E-state index is 0.0270. The van der Waals surface area contributed by atoms with Crippen LogP contribution in [0.4, 0.5) is 5.13 Å². The van der Waals surface area contributed by atoms with Gasteiger partial charge in [0.15, 0.2) is 10.8 Å². The van der Waals surface area contributed by atoms with Gasteiger partial charge in [-0.2, -0.15) is 0 Å². The molecule has 3 heterocycles. The number of rotatable bonds is 14. The number of ether oxygens (including phenoxy) is 3. The molecular weight excluding hydrogens is 843 g/mol. The summed E-state index contributed by atoms with van der Waals surface area (Å²) < 4.78 is 16.6. The third kappa shape index (κ3) is 9.66. The molecule has 2 N–H and O–H groups in total. The minimum Gasteiger partial charge on any atom is -0.461 e. The number of carbonyl (C=O) groups excluding carboxylic acids is 5. The summed E-state index contributed by atoms with van der Waals surface area (Å²) in [7, 11) is 0. The van der Waals surface area contributed by atoms with Crippen molar-refractivity contribution in [3.8, 4) is 0 Å². The zero-order chi connectivity index (χ0) is 45.2. The quantitative estimate of drug-likeness (QED) is 0.0329. The van der Waals surface area contributed by atoms with Crippen LogP contribution in [0.25, 0.3) is 0 Å². The molecule has 3 aliphatic rings. The smallest absolute Gasteiger partial charge is 0.355 e. The van der Waals surface area contributed by atoms with Gasteiger partial charge in [-0.3, -0.25) is 19.3 Å². The van der Waals surface area contributed by atoms with E-state index in [9.17, 15) is 24.0 Å². The Morgan fingerprint density at radius 1 is 0.841 bits per heavy atom. The Morgan fingerprint density at radius 2 is 1.40 bits per heavy atom. The third-order valence-electron chi connectivity index (χ3n) is 10.5. The number of thioether (sulfide) groups is 1. The fraction of sp³-hybridized carbons (Fsp3) is 0.383. The normalized spacial score (nSPS) is 18.6. The van der Waals surface area contributed by atoms with Crippen LogP contribution < -0.4 is 10.6 Å². The lowest BCUT2D eigenvalue weighted by atomic mass is 9.77. The number of thiazole rings is 1. The Morgan fingerprint density at radius 3 is 1.89 bits per heavy atom. The van der Waals surface area contributed by atoms with Gasteiger partial charge >= 0.3 is 17.9 Å². The first-order chi connectivity index (χ1) is 29.9. The van der Waals surface area contributed by atoms with Crippen LogP contribution >= 0.6 is 23.1 Å². The summed E-state index contributed by atoms with van der Waals surface area (Å²) in [4.78, 5) is 79.6. The molecule has 1 aromatic heterocycles. The largest absolute Gasteiger partial charge is 0.461 e. The molecule has 16 heteroatoms. The molecular formula is C47H51N5O9S2. The van der Waals surface area contributed by atoms with Crippen molar-refractivity contribution in [2.75, 3.05) is 17.7 Å². The average Bonchev–Trinajstić information content (AvgIpc) is 3.69. The summed E-state index contributed by atoms with van der Waals surface area (Å²) in [5, 5.41) is 12.3. The number of anilines is 1. The first-order valence-electron chi connectivity index (χ1n) is 20.7. The van der Waals surface area contributed by atoms with Crippen LogP contribution in [0.2, 0.25) is 0 Å². The van der Waals surface area contributed by atoms with Gasteiger partial charge < -0.3 is 29.7 Å². The Hall–Kier alpha value is -6.00. The van der Waals surface area contributed by atoms with E-state index in [4.69, 9.17) is 24.0 Å². The van der Waals surface area contributed by atoms with Gasteiger partial charge in [-0.05, 0) is 64.7 Å². The third-order valence-corrected chi connectivity index (χ3v) is 12.6. The van der Waals surface area contributed by atoms with Gasteiger partial charge in [0.05, 0.1) is 0 Å². The molecule has 0 spiro atoms. The maximum Gasteiger partial charge on any atom is 0.355 e. The molecule has 1 aliphatic carbocycles. The fourth-order valence-electron chi connectivity index (χ4n) is 7.43. The molecule has 2 atom stereocenters. The van der Waals surface area contributed by atoms with Gasteiger partial charge in [-0.1, -0.05) is 96.2 Å². The number of nitrogens with one attached hydrogen (secondary N) is 2. The standard InChI is InChI=1S/C47H51N5O9S2/c1-29(53)58-26-30-27-62-40-36(39(55)52(40)37(30)41(56)59-44(2,3)4)49-38(54)35(51-61-46(24-17-25-46)42(57)60-45(5,6)7)34-28-63-43(48-34)50-47(31-18-11-8-12-19-31,32-20-13-9-14-21-32)33-22-15-10-16-23-33/h8-16,18-23,28,36,40H,17,24-27H2,1-7H3,(H,48,50)(H,49,54)/b51-35+/t36-,40-/m1/s1. The Balaban J connectivity index is 1.24. The molecule has 2 fully saturated rings. The van der Waals surface area contributed by atoms with Crippen LogP contribution in [0.15, 0.2) is 113 Å². The zero-order valence-electron chi connectivity index (χ0n) is 36.3. The molecule has 2 amide bonds. The monoisotopic (exact) mass is 893 g/mol. The number of amides is 2. The van der Waals surface area contributed by atoms with Gasteiger partial charge in [0.25, 0.3) is 11.8 Å². The summed E-state index contributed by atoms with van der Waals surface area (Å²) in [6.45, 7) is 11.4. The lowest BCUT2D eigenvalue weighted by molar-refractivity contribution is -0.196. The maximum absolute atomic E-state index is 14.6. The van der Waals surface area contributed by atoms with Gasteiger partial charge in [0.1, 0.15) is 46.2 Å². The summed E-state index contributed by atoms with van der Waals surface area (Å²) in [5.41, 5.74) is -1.00. The molecule has 1 saturated carbocycles. The van der Waals surface area contributed by atoms with E-state index in [1.807, 2.05) is 91.0 Å². The average molecular weight is 894 g/mol. The van der Waals surface area contributed by atoms with Crippen LogP contribution in [0.1, 0.15) is 90.1 Å². The van der Waals surface area contributed by atoms with Crippen LogP contribution in [0.5, 0.6) is 0 Å². The van der Waals surface area contributed by atoms with Crippen LogP contribution in [-0.4, -0.2) is 85.9 Å². The predicted octanol–water partition coefficient (Wildman–Crippen LogP) is 7.09. The van der Waals surface area contributed by atoms with Gasteiger partial charge in [-0.25, -0.2) is 14.6 Å². The number of benzene rings is 3. The van der Waals surface area contributed by atoms with E-state index in [-0.39, 0.29) is 29.5 Å². The topological polar surface area (TPSA) is 175 Å². The Bertz CT molecular complexity index is 2320. The van der Waals surface area contributed by atoms with E-state index in [1.165, 1.54) is 34.9 Å². The fourth-order valence-corrected chi connectivity index (χ4v) is 9.51. The lowest BCUT2D eigenvalue weighted by Crippen LogP contribution is -2.71. The van der Waals surface area contributed by atoms with Crippen molar-refractivity contribution in [1.82, 2.24) is 15.2 Å². The number of oxime groups is 1. The number of β-lactam (4-membered cyclic amide) rings is 1. The van der Waals surface area contributed by atoms with E-state index in [0.717, 1.165) is 16.7 Å². The molecule has 330 valence electrons. The number of nitrogens with zero attached hydrogens (tertiary/aromatic N) is 3. The zero-order valence-corrected chi connectivity index (χ0v) is 37.9. The summed E-state index contributed by atoms with van der Waals surface area (Å²) in [5.74, 6) is -3.05. The van der Waals surface area contributed by atoms with E-state index < -0.39 is 63.5 Å². The molecule has 14 nitrogen and oxygen atoms in total.